The van der Waals surface area contributed by atoms with Crippen molar-refractivity contribution in [3.63, 3.8) is 0 Å². The van der Waals surface area contributed by atoms with Crippen molar-refractivity contribution >= 4 is 27.8 Å². The number of anilines is 2. The molecule has 0 atom stereocenters. The number of nitro benzene ring substituents is 1. The Kier molecular flexibility index (Phi) is 4.34. The molecule has 23 heavy (non-hydrogen) atoms. The number of aromatic nitrogens is 1. The lowest BCUT2D eigenvalue weighted by Gasteiger charge is -2.02. The van der Waals surface area contributed by atoms with Crippen molar-refractivity contribution in [3.8, 4) is 0 Å². The summed E-state index contributed by atoms with van der Waals surface area (Å²) in [6, 6.07) is 14.8. The summed E-state index contributed by atoms with van der Waals surface area (Å²) in [7, 11) is 0. The first-order chi connectivity index (χ1) is 11.1. The molecule has 0 aliphatic rings. The van der Waals surface area contributed by atoms with E-state index in [2.05, 4.69) is 16.4 Å². The number of nitrogens with zero attached hydrogens (tertiary/aromatic N) is 2. The Hall–Kier alpha value is -2.73. The molecule has 0 unspecified atom stereocenters. The Morgan fingerprint density at radius 2 is 2.04 bits per heavy atom. The van der Waals surface area contributed by atoms with Crippen LogP contribution in [0.25, 0.3) is 0 Å². The Morgan fingerprint density at radius 1 is 1.22 bits per heavy atom. The zero-order chi connectivity index (χ0) is 16.2. The van der Waals surface area contributed by atoms with Crippen LogP contribution in [0.1, 0.15) is 16.0 Å². The molecule has 6 heteroatoms. The number of nitrogens with one attached hydrogen (secondary N) is 1. The normalized spacial score (nSPS) is 10.5. The average Bonchev–Trinajstić information content (AvgIpc) is 2.94. The van der Waals surface area contributed by atoms with E-state index in [1.807, 2.05) is 37.4 Å². The molecule has 0 radical (unpaired) electrons. The molecular weight excluding hydrogens is 310 g/mol. The molecule has 1 N–H and O–H groups in total. The molecule has 0 aliphatic heterocycles. The lowest BCUT2D eigenvalue weighted by Crippen LogP contribution is -1.90. The van der Waals surface area contributed by atoms with Crippen molar-refractivity contribution in [3.05, 3.63) is 80.8 Å². The van der Waals surface area contributed by atoms with Crippen LogP contribution in [0.4, 0.5) is 16.5 Å². The summed E-state index contributed by atoms with van der Waals surface area (Å²) in [6.45, 7) is 2.04. The topological polar surface area (TPSA) is 68.1 Å². The molecule has 1 heterocycles. The van der Waals surface area contributed by atoms with E-state index in [4.69, 9.17) is 0 Å². The second-order valence-corrected chi connectivity index (χ2v) is 6.35. The van der Waals surface area contributed by atoms with Crippen LogP contribution in [0.2, 0.25) is 0 Å². The molecule has 2 aromatic carbocycles. The van der Waals surface area contributed by atoms with E-state index in [9.17, 15) is 10.1 Å². The molecule has 0 bridgehead atoms. The molecule has 5 nitrogen and oxygen atoms in total. The van der Waals surface area contributed by atoms with Crippen LogP contribution in [0, 0.1) is 17.0 Å². The van der Waals surface area contributed by atoms with Crippen LogP contribution in [0.15, 0.2) is 54.7 Å². The molecular formula is C17H15N3O2S. The summed E-state index contributed by atoms with van der Waals surface area (Å²) in [5.41, 5.74) is 3.21. The standard InChI is InChI=1S/C17H15N3O2S/c1-12-4-2-6-14(8-12)19-17-18-11-16(23-17)10-13-5-3-7-15(9-13)20(21)22/h2-9,11H,10H2,1H3,(H,18,19). The first-order valence-electron chi connectivity index (χ1n) is 7.12. The molecule has 116 valence electrons. The highest BCUT2D eigenvalue weighted by molar-refractivity contribution is 7.15. The van der Waals surface area contributed by atoms with Gasteiger partial charge < -0.3 is 5.32 Å². The number of hydrogen-bond donors (Lipinski definition) is 1. The molecule has 0 saturated heterocycles. The number of rotatable bonds is 5. The van der Waals surface area contributed by atoms with E-state index in [-0.39, 0.29) is 10.6 Å². The number of benzene rings is 2. The Morgan fingerprint density at radius 3 is 2.83 bits per heavy atom. The maximum atomic E-state index is 10.8. The van der Waals surface area contributed by atoms with Crippen LogP contribution in [0.3, 0.4) is 0 Å². The number of nitro groups is 1. The minimum absolute atomic E-state index is 0.116. The van der Waals surface area contributed by atoms with Gasteiger partial charge in [0.2, 0.25) is 0 Å². The lowest BCUT2D eigenvalue weighted by molar-refractivity contribution is -0.384. The second kappa shape index (κ2) is 6.58. The van der Waals surface area contributed by atoms with Crippen LogP contribution in [-0.2, 0) is 6.42 Å². The number of hydrogen-bond acceptors (Lipinski definition) is 5. The van der Waals surface area contributed by atoms with Gasteiger partial charge in [0.1, 0.15) is 0 Å². The quantitative estimate of drug-likeness (QED) is 0.545. The fraction of sp³-hybridized carbons (Fsp3) is 0.118. The van der Waals surface area contributed by atoms with Gasteiger partial charge in [-0.05, 0) is 30.2 Å². The molecule has 0 fully saturated rings. The monoisotopic (exact) mass is 325 g/mol. The summed E-state index contributed by atoms with van der Waals surface area (Å²) < 4.78 is 0. The lowest BCUT2D eigenvalue weighted by atomic mass is 10.1. The molecule has 1 aromatic heterocycles. The number of non-ortho nitro benzene ring substituents is 1. The van der Waals surface area contributed by atoms with Gasteiger partial charge in [0.15, 0.2) is 5.13 Å². The summed E-state index contributed by atoms with van der Waals surface area (Å²) in [5.74, 6) is 0. The average molecular weight is 325 g/mol. The van der Waals surface area contributed by atoms with Crippen LogP contribution < -0.4 is 5.32 Å². The van der Waals surface area contributed by atoms with Gasteiger partial charge in [-0.2, -0.15) is 0 Å². The van der Waals surface area contributed by atoms with Gasteiger partial charge in [0.05, 0.1) is 4.92 Å². The predicted molar refractivity (Wildman–Crippen MR) is 92.5 cm³/mol. The van der Waals surface area contributed by atoms with Gasteiger partial charge >= 0.3 is 0 Å². The third-order valence-electron chi connectivity index (χ3n) is 3.32. The third kappa shape index (κ3) is 3.92. The van der Waals surface area contributed by atoms with Crippen molar-refractivity contribution in [2.24, 2.45) is 0 Å². The van der Waals surface area contributed by atoms with E-state index in [1.54, 1.807) is 23.5 Å². The zero-order valence-electron chi connectivity index (χ0n) is 12.5. The largest absolute Gasteiger partial charge is 0.332 e. The maximum Gasteiger partial charge on any atom is 0.269 e. The van der Waals surface area contributed by atoms with Crippen LogP contribution in [0.5, 0.6) is 0 Å². The van der Waals surface area contributed by atoms with Crippen molar-refractivity contribution in [1.29, 1.82) is 0 Å². The van der Waals surface area contributed by atoms with Crippen molar-refractivity contribution in [2.45, 2.75) is 13.3 Å². The third-order valence-corrected chi connectivity index (χ3v) is 4.24. The minimum atomic E-state index is -0.374. The molecule has 0 aliphatic carbocycles. The fourth-order valence-electron chi connectivity index (χ4n) is 2.27. The smallest absolute Gasteiger partial charge is 0.269 e. The minimum Gasteiger partial charge on any atom is -0.332 e. The maximum absolute atomic E-state index is 10.8. The Bertz CT molecular complexity index is 845. The van der Waals surface area contributed by atoms with Gasteiger partial charge in [0.25, 0.3) is 5.69 Å². The van der Waals surface area contributed by atoms with E-state index < -0.39 is 0 Å². The molecule has 0 amide bonds. The first-order valence-corrected chi connectivity index (χ1v) is 7.93. The molecule has 3 rings (SSSR count). The van der Waals surface area contributed by atoms with Gasteiger partial charge in [0, 0.05) is 35.3 Å². The van der Waals surface area contributed by atoms with E-state index in [0.29, 0.717) is 6.42 Å². The SMILES string of the molecule is Cc1cccc(Nc2ncc(Cc3cccc([N+](=O)[O-])c3)s2)c1. The van der Waals surface area contributed by atoms with E-state index in [1.165, 1.54) is 11.6 Å². The summed E-state index contributed by atoms with van der Waals surface area (Å²) in [5, 5.41) is 14.9. The first kappa shape index (κ1) is 15.2. The van der Waals surface area contributed by atoms with Gasteiger partial charge in [-0.3, -0.25) is 10.1 Å². The van der Waals surface area contributed by atoms with Crippen LogP contribution in [-0.4, -0.2) is 9.91 Å². The highest BCUT2D eigenvalue weighted by Crippen LogP contribution is 2.25. The van der Waals surface area contributed by atoms with E-state index in [0.717, 1.165) is 21.3 Å². The highest BCUT2D eigenvalue weighted by Gasteiger charge is 2.08. The number of thiazole rings is 1. The van der Waals surface area contributed by atoms with Gasteiger partial charge in [-0.1, -0.05) is 24.3 Å². The van der Waals surface area contributed by atoms with Crippen molar-refractivity contribution in [1.82, 2.24) is 4.98 Å². The Labute approximate surface area is 137 Å². The zero-order valence-corrected chi connectivity index (χ0v) is 13.3. The number of aryl methyl sites for hydroxylation is 1. The molecule has 3 aromatic rings. The Balaban J connectivity index is 1.72. The summed E-state index contributed by atoms with van der Waals surface area (Å²) in [6.07, 6.45) is 2.44. The van der Waals surface area contributed by atoms with Crippen LogP contribution >= 0.6 is 11.3 Å². The second-order valence-electron chi connectivity index (χ2n) is 5.23. The van der Waals surface area contributed by atoms with E-state index >= 15 is 0 Å². The van der Waals surface area contributed by atoms with Crippen molar-refractivity contribution < 1.29 is 4.92 Å². The van der Waals surface area contributed by atoms with Gasteiger partial charge in [-0.25, -0.2) is 4.98 Å². The predicted octanol–water partition coefficient (Wildman–Crippen LogP) is 4.69. The van der Waals surface area contributed by atoms with Gasteiger partial charge in [-0.15, -0.1) is 11.3 Å². The fourth-order valence-corrected chi connectivity index (χ4v) is 3.14. The summed E-state index contributed by atoms with van der Waals surface area (Å²) in [4.78, 5) is 15.9. The highest BCUT2D eigenvalue weighted by atomic mass is 32.1. The molecule has 0 spiro atoms. The summed E-state index contributed by atoms with van der Waals surface area (Å²) >= 11 is 1.55. The van der Waals surface area contributed by atoms with Crippen molar-refractivity contribution in [2.75, 3.05) is 5.32 Å². The molecule has 0 saturated carbocycles.